The molecule has 4 nitrogen and oxygen atoms in total. The lowest BCUT2D eigenvalue weighted by atomic mass is 10.0. The van der Waals surface area contributed by atoms with Crippen LogP contribution >= 0.6 is 0 Å². The number of nitrogens with zero attached hydrogens (tertiary/aromatic N) is 1. The Bertz CT molecular complexity index is 456. The minimum absolute atomic E-state index is 0.231. The molecule has 18 heavy (non-hydrogen) atoms. The average Bonchev–Trinajstić information content (AvgIpc) is 2.60. The second kappa shape index (κ2) is 5.67. The van der Waals surface area contributed by atoms with Gasteiger partial charge in [0.15, 0.2) is 0 Å². The van der Waals surface area contributed by atoms with Gasteiger partial charge < -0.3 is 9.64 Å². The average molecular weight is 247 g/mol. The number of ether oxygens (including phenoxy) is 1. The lowest BCUT2D eigenvalue weighted by Crippen LogP contribution is -2.37. The lowest BCUT2D eigenvalue weighted by molar-refractivity contribution is -0.160. The maximum Gasteiger partial charge on any atom is 0.397 e. The van der Waals surface area contributed by atoms with E-state index < -0.39 is 11.9 Å². The van der Waals surface area contributed by atoms with Gasteiger partial charge in [0, 0.05) is 13.1 Å². The van der Waals surface area contributed by atoms with Crippen molar-refractivity contribution in [3.05, 3.63) is 35.4 Å². The third kappa shape index (κ3) is 2.70. The van der Waals surface area contributed by atoms with E-state index in [2.05, 4.69) is 6.07 Å². The van der Waals surface area contributed by atoms with Crippen LogP contribution in [0.15, 0.2) is 24.3 Å². The number of hydrogen-bond acceptors (Lipinski definition) is 3. The summed E-state index contributed by atoms with van der Waals surface area (Å²) in [4.78, 5) is 24.9. The minimum atomic E-state index is -0.753. The van der Waals surface area contributed by atoms with Crippen LogP contribution in [0.2, 0.25) is 0 Å². The molecule has 96 valence electrons. The van der Waals surface area contributed by atoms with E-state index in [1.807, 2.05) is 18.2 Å². The van der Waals surface area contributed by atoms with Gasteiger partial charge >= 0.3 is 11.9 Å². The van der Waals surface area contributed by atoms with Gasteiger partial charge in [0.2, 0.25) is 0 Å². The minimum Gasteiger partial charge on any atom is -0.459 e. The van der Waals surface area contributed by atoms with E-state index in [1.165, 1.54) is 5.56 Å². The summed E-state index contributed by atoms with van der Waals surface area (Å²) >= 11 is 0. The normalized spacial score (nSPS) is 14.6. The van der Waals surface area contributed by atoms with Crippen molar-refractivity contribution < 1.29 is 14.3 Å². The highest BCUT2D eigenvalue weighted by molar-refractivity contribution is 6.32. The molecule has 2 rings (SSSR count). The Morgan fingerprint density at radius 3 is 2.72 bits per heavy atom. The zero-order valence-corrected chi connectivity index (χ0v) is 10.5. The third-order valence-corrected chi connectivity index (χ3v) is 3.09. The molecule has 0 saturated heterocycles. The van der Waals surface area contributed by atoms with Crippen LogP contribution in [-0.4, -0.2) is 29.9 Å². The third-order valence-electron chi connectivity index (χ3n) is 3.09. The van der Waals surface area contributed by atoms with Gasteiger partial charge in [-0.3, -0.25) is 4.79 Å². The van der Waals surface area contributed by atoms with Gasteiger partial charge in [-0.25, -0.2) is 4.79 Å². The van der Waals surface area contributed by atoms with Gasteiger partial charge in [0.25, 0.3) is 0 Å². The molecular weight excluding hydrogens is 230 g/mol. The Labute approximate surface area is 107 Å². The second-order valence-electron chi connectivity index (χ2n) is 4.32. The first-order valence-corrected chi connectivity index (χ1v) is 6.25. The first-order valence-electron chi connectivity index (χ1n) is 6.25. The van der Waals surface area contributed by atoms with Crippen LogP contribution in [0, 0.1) is 0 Å². The molecule has 4 heteroatoms. The Balaban J connectivity index is 2.12. The monoisotopic (exact) mass is 247 g/mol. The van der Waals surface area contributed by atoms with Crippen molar-refractivity contribution in [2.24, 2.45) is 0 Å². The van der Waals surface area contributed by atoms with E-state index in [9.17, 15) is 9.59 Å². The van der Waals surface area contributed by atoms with Crippen molar-refractivity contribution in [2.45, 2.75) is 26.3 Å². The summed E-state index contributed by atoms with van der Waals surface area (Å²) in [5.41, 5.74) is 2.38. The molecule has 1 heterocycles. The largest absolute Gasteiger partial charge is 0.459 e. The molecule has 0 spiro atoms. The number of rotatable bonds is 1. The smallest absolute Gasteiger partial charge is 0.397 e. The summed E-state index contributed by atoms with van der Waals surface area (Å²) in [7, 11) is 0. The zero-order valence-electron chi connectivity index (χ0n) is 10.5. The SMILES string of the molecule is CCOC(=O)C(=O)N1CCCc2ccccc2C1. The molecule has 1 aliphatic rings. The van der Waals surface area contributed by atoms with Crippen molar-refractivity contribution in [2.75, 3.05) is 13.2 Å². The molecule has 1 amide bonds. The van der Waals surface area contributed by atoms with Crippen molar-refractivity contribution in [1.29, 1.82) is 0 Å². The molecule has 1 aromatic carbocycles. The first-order chi connectivity index (χ1) is 8.72. The van der Waals surface area contributed by atoms with E-state index in [1.54, 1.807) is 11.8 Å². The van der Waals surface area contributed by atoms with Crippen molar-refractivity contribution in [3.63, 3.8) is 0 Å². The number of carbonyl (C=O) groups excluding carboxylic acids is 2. The van der Waals surface area contributed by atoms with E-state index in [0.717, 1.165) is 18.4 Å². The standard InChI is InChI=1S/C14H17NO3/c1-2-18-14(17)13(16)15-9-5-8-11-6-3-4-7-12(11)10-15/h3-4,6-7H,2,5,8-10H2,1H3. The molecule has 0 saturated carbocycles. The number of esters is 1. The van der Waals surface area contributed by atoms with Crippen molar-refractivity contribution in [1.82, 2.24) is 4.90 Å². The number of fused-ring (bicyclic) bond motifs is 1. The predicted molar refractivity (Wildman–Crippen MR) is 66.8 cm³/mol. The van der Waals surface area contributed by atoms with Gasteiger partial charge in [-0.1, -0.05) is 24.3 Å². The molecule has 1 aliphatic heterocycles. The van der Waals surface area contributed by atoms with Gasteiger partial charge in [-0.15, -0.1) is 0 Å². The van der Waals surface area contributed by atoms with E-state index >= 15 is 0 Å². The summed E-state index contributed by atoms with van der Waals surface area (Å²) in [6.45, 7) is 3.03. The van der Waals surface area contributed by atoms with Gasteiger partial charge in [-0.2, -0.15) is 0 Å². The highest BCUT2D eigenvalue weighted by atomic mass is 16.5. The molecule has 0 aromatic heterocycles. The Kier molecular flexibility index (Phi) is 3.97. The maximum absolute atomic E-state index is 11.9. The summed E-state index contributed by atoms with van der Waals surface area (Å²) in [5.74, 6) is -1.29. The molecule has 0 radical (unpaired) electrons. The molecule has 1 aromatic rings. The van der Waals surface area contributed by atoms with Crippen molar-refractivity contribution in [3.8, 4) is 0 Å². The topological polar surface area (TPSA) is 46.6 Å². The quantitative estimate of drug-likeness (QED) is 0.558. The van der Waals surface area contributed by atoms with E-state index in [4.69, 9.17) is 4.74 Å². The predicted octanol–water partition coefficient (Wildman–Crippen LogP) is 1.52. The molecule has 0 N–H and O–H groups in total. The van der Waals surface area contributed by atoms with E-state index in [-0.39, 0.29) is 6.61 Å². The summed E-state index contributed by atoms with van der Waals surface area (Å²) in [5, 5.41) is 0. The van der Waals surface area contributed by atoms with E-state index in [0.29, 0.717) is 13.1 Å². The number of aryl methyl sites for hydroxylation is 1. The number of carbonyl (C=O) groups is 2. The van der Waals surface area contributed by atoms with Crippen LogP contribution in [0.5, 0.6) is 0 Å². The van der Waals surface area contributed by atoms with Gasteiger partial charge in [0.1, 0.15) is 0 Å². The molecule has 0 fully saturated rings. The molecular formula is C14H17NO3. The van der Waals surface area contributed by atoms with Crippen LogP contribution in [-0.2, 0) is 27.3 Å². The summed E-state index contributed by atoms with van der Waals surface area (Å²) in [6.07, 6.45) is 1.82. The molecule has 0 bridgehead atoms. The van der Waals surface area contributed by atoms with Crippen LogP contribution in [0.3, 0.4) is 0 Å². The highest BCUT2D eigenvalue weighted by Gasteiger charge is 2.25. The molecule has 0 aliphatic carbocycles. The van der Waals surface area contributed by atoms with Crippen LogP contribution < -0.4 is 0 Å². The van der Waals surface area contributed by atoms with Crippen LogP contribution in [0.1, 0.15) is 24.5 Å². The molecule has 0 unspecified atom stereocenters. The fourth-order valence-corrected chi connectivity index (χ4v) is 2.20. The summed E-state index contributed by atoms with van der Waals surface area (Å²) in [6, 6.07) is 8.04. The molecule has 0 atom stereocenters. The fraction of sp³-hybridized carbons (Fsp3) is 0.429. The maximum atomic E-state index is 11.9. The van der Waals surface area contributed by atoms with Crippen molar-refractivity contribution >= 4 is 11.9 Å². The van der Waals surface area contributed by atoms with Crippen LogP contribution in [0.25, 0.3) is 0 Å². The Morgan fingerprint density at radius 1 is 1.28 bits per heavy atom. The lowest BCUT2D eigenvalue weighted by Gasteiger charge is -2.19. The first kappa shape index (κ1) is 12.6. The van der Waals surface area contributed by atoms with Crippen LogP contribution in [0.4, 0.5) is 0 Å². The Hall–Kier alpha value is -1.84. The van der Waals surface area contributed by atoms with Gasteiger partial charge in [0.05, 0.1) is 6.61 Å². The Morgan fingerprint density at radius 2 is 2.00 bits per heavy atom. The van der Waals surface area contributed by atoms with Gasteiger partial charge in [-0.05, 0) is 30.9 Å². The fourth-order valence-electron chi connectivity index (χ4n) is 2.20. The zero-order chi connectivity index (χ0) is 13.0. The summed E-state index contributed by atoms with van der Waals surface area (Å²) < 4.78 is 4.76. The number of benzene rings is 1. The number of amides is 1. The number of hydrogen-bond donors (Lipinski definition) is 0. The highest BCUT2D eigenvalue weighted by Crippen LogP contribution is 2.18. The second-order valence-corrected chi connectivity index (χ2v) is 4.32.